The molecular formula is C19H24N4O5S2. The molecule has 0 saturated carbocycles. The van der Waals surface area contributed by atoms with Crippen LogP contribution in [0.3, 0.4) is 0 Å². The Bertz CT molecular complexity index is 1050. The molecule has 3 heterocycles. The Morgan fingerprint density at radius 2 is 2.13 bits per heavy atom. The predicted octanol–water partition coefficient (Wildman–Crippen LogP) is 1.32. The van der Waals surface area contributed by atoms with Crippen LogP contribution in [-0.4, -0.2) is 52.6 Å². The van der Waals surface area contributed by atoms with E-state index in [-0.39, 0.29) is 35.4 Å². The number of carbonyl (C=O) groups excluding carboxylic acids is 1. The van der Waals surface area contributed by atoms with Gasteiger partial charge in [-0.2, -0.15) is 0 Å². The number of hydrogen-bond acceptors (Lipinski definition) is 8. The molecule has 2 unspecified atom stereocenters. The Balaban J connectivity index is 1.30. The third-order valence-corrected chi connectivity index (χ3v) is 8.25. The van der Waals surface area contributed by atoms with Crippen LogP contribution in [-0.2, 0) is 34.6 Å². The van der Waals surface area contributed by atoms with Crippen molar-refractivity contribution in [1.29, 1.82) is 0 Å². The number of amides is 1. The maximum Gasteiger partial charge on any atom is 0.233 e. The summed E-state index contributed by atoms with van der Waals surface area (Å²) < 4.78 is 35.8. The van der Waals surface area contributed by atoms with Gasteiger partial charge in [-0.1, -0.05) is 17.8 Å². The first-order valence-corrected chi connectivity index (χ1v) is 12.4. The van der Waals surface area contributed by atoms with Gasteiger partial charge in [-0.25, -0.2) is 8.42 Å². The molecule has 162 valence electrons. The van der Waals surface area contributed by atoms with Gasteiger partial charge in [-0.05, 0) is 37.0 Å². The van der Waals surface area contributed by atoms with Gasteiger partial charge in [0.25, 0.3) is 0 Å². The lowest BCUT2D eigenvalue weighted by Gasteiger charge is -2.12. The normalized spacial score (nSPS) is 20.3. The number of rotatable bonds is 7. The van der Waals surface area contributed by atoms with E-state index in [0.29, 0.717) is 36.0 Å². The largest absolute Gasteiger partial charge is 0.454 e. The highest BCUT2D eigenvalue weighted by molar-refractivity contribution is 8.00. The fraction of sp³-hybridized carbons (Fsp3) is 0.526. The van der Waals surface area contributed by atoms with E-state index < -0.39 is 9.84 Å². The second-order valence-corrected chi connectivity index (χ2v) is 11.1. The third-order valence-electron chi connectivity index (χ3n) is 5.28. The number of thioether (sulfide) groups is 1. The van der Waals surface area contributed by atoms with Gasteiger partial charge >= 0.3 is 0 Å². The number of nitrogens with one attached hydrogen (secondary N) is 1. The van der Waals surface area contributed by atoms with Crippen molar-refractivity contribution in [2.24, 2.45) is 13.0 Å². The Morgan fingerprint density at radius 3 is 2.90 bits per heavy atom. The van der Waals surface area contributed by atoms with Gasteiger partial charge in [0.1, 0.15) is 5.82 Å². The fourth-order valence-electron chi connectivity index (χ4n) is 3.51. The Morgan fingerprint density at radius 1 is 1.33 bits per heavy atom. The van der Waals surface area contributed by atoms with E-state index in [0.717, 1.165) is 11.4 Å². The van der Waals surface area contributed by atoms with E-state index in [1.165, 1.54) is 11.8 Å². The van der Waals surface area contributed by atoms with Crippen LogP contribution in [0.5, 0.6) is 11.5 Å². The van der Waals surface area contributed by atoms with Crippen molar-refractivity contribution in [3.05, 3.63) is 29.6 Å². The van der Waals surface area contributed by atoms with Crippen molar-refractivity contribution in [1.82, 2.24) is 20.1 Å². The molecule has 0 spiro atoms. The molecular weight excluding hydrogens is 428 g/mol. The molecule has 1 N–H and O–H groups in total. The average Bonchev–Trinajstić information content (AvgIpc) is 3.40. The first-order valence-electron chi connectivity index (χ1n) is 9.72. The molecule has 2 aromatic rings. The summed E-state index contributed by atoms with van der Waals surface area (Å²) in [5, 5.41) is 11.6. The topological polar surface area (TPSA) is 112 Å². The highest BCUT2D eigenvalue weighted by Gasteiger charge is 2.29. The molecule has 1 fully saturated rings. The Hall–Kier alpha value is -2.27. The number of aromatic nitrogens is 3. The van der Waals surface area contributed by atoms with Crippen molar-refractivity contribution >= 4 is 27.5 Å². The standard InChI is InChI=1S/C19H24N4O5S2/c1-12(18(24)20-9-13-3-4-15-16(7-13)28-11-27-15)29-19-22-21-17(23(19)2)8-14-5-6-30(25,26)10-14/h3-4,7,12,14H,5-6,8-11H2,1-2H3,(H,20,24). The number of hydrogen-bond donors (Lipinski definition) is 1. The molecule has 1 aromatic heterocycles. The molecule has 1 amide bonds. The molecule has 4 rings (SSSR count). The number of benzene rings is 1. The molecule has 0 aliphatic carbocycles. The van der Waals surface area contributed by atoms with Crippen LogP contribution in [0.2, 0.25) is 0 Å². The zero-order valence-corrected chi connectivity index (χ0v) is 18.5. The Kier molecular flexibility index (Phi) is 5.92. The van der Waals surface area contributed by atoms with Crippen LogP contribution in [0.1, 0.15) is 24.7 Å². The van der Waals surface area contributed by atoms with Gasteiger partial charge in [0, 0.05) is 20.0 Å². The van der Waals surface area contributed by atoms with Crippen LogP contribution < -0.4 is 14.8 Å². The van der Waals surface area contributed by atoms with Crippen molar-refractivity contribution in [2.45, 2.75) is 36.7 Å². The zero-order chi connectivity index (χ0) is 21.3. The lowest BCUT2D eigenvalue weighted by molar-refractivity contribution is -0.120. The number of carbonyl (C=O) groups is 1. The monoisotopic (exact) mass is 452 g/mol. The van der Waals surface area contributed by atoms with Crippen LogP contribution >= 0.6 is 11.8 Å². The highest BCUT2D eigenvalue weighted by Crippen LogP contribution is 2.32. The molecule has 1 saturated heterocycles. The van der Waals surface area contributed by atoms with Crippen molar-refractivity contribution in [2.75, 3.05) is 18.3 Å². The summed E-state index contributed by atoms with van der Waals surface area (Å²) in [5.74, 6) is 2.57. The number of ether oxygens (including phenoxy) is 2. The van der Waals surface area contributed by atoms with Crippen molar-refractivity contribution < 1.29 is 22.7 Å². The SMILES string of the molecule is CC(Sc1nnc(CC2CCS(=O)(=O)C2)n1C)C(=O)NCc1ccc2c(c1)OCO2. The van der Waals surface area contributed by atoms with E-state index in [4.69, 9.17) is 9.47 Å². The van der Waals surface area contributed by atoms with Crippen LogP contribution in [0.15, 0.2) is 23.4 Å². The fourth-order valence-corrected chi connectivity index (χ4v) is 6.23. The summed E-state index contributed by atoms with van der Waals surface area (Å²) in [4.78, 5) is 12.5. The number of sulfone groups is 1. The molecule has 0 radical (unpaired) electrons. The summed E-state index contributed by atoms with van der Waals surface area (Å²) in [6.45, 7) is 2.42. The van der Waals surface area contributed by atoms with Crippen molar-refractivity contribution in [3.8, 4) is 11.5 Å². The van der Waals surface area contributed by atoms with E-state index in [2.05, 4.69) is 15.5 Å². The second kappa shape index (κ2) is 8.46. The van der Waals surface area contributed by atoms with E-state index in [1.807, 2.05) is 36.7 Å². The van der Waals surface area contributed by atoms with E-state index >= 15 is 0 Å². The number of nitrogens with zero attached hydrogens (tertiary/aromatic N) is 3. The van der Waals surface area contributed by atoms with Gasteiger partial charge in [-0.3, -0.25) is 4.79 Å². The van der Waals surface area contributed by atoms with E-state index in [1.54, 1.807) is 0 Å². The first kappa shape index (κ1) is 21.0. The van der Waals surface area contributed by atoms with Crippen LogP contribution in [0.25, 0.3) is 0 Å². The summed E-state index contributed by atoms with van der Waals surface area (Å²) in [6, 6.07) is 5.58. The van der Waals surface area contributed by atoms with E-state index in [9.17, 15) is 13.2 Å². The zero-order valence-electron chi connectivity index (χ0n) is 16.8. The molecule has 2 aliphatic heterocycles. The van der Waals surface area contributed by atoms with Gasteiger partial charge in [0.15, 0.2) is 26.5 Å². The smallest absolute Gasteiger partial charge is 0.233 e. The van der Waals surface area contributed by atoms with Gasteiger partial charge < -0.3 is 19.4 Å². The first-order chi connectivity index (χ1) is 14.3. The minimum absolute atomic E-state index is 0.0816. The quantitative estimate of drug-likeness (QED) is 0.626. The van der Waals surface area contributed by atoms with Gasteiger partial charge in [0.05, 0.1) is 16.8 Å². The third kappa shape index (κ3) is 4.72. The molecule has 2 atom stereocenters. The molecule has 2 aliphatic rings. The molecule has 11 heteroatoms. The molecule has 1 aromatic carbocycles. The average molecular weight is 453 g/mol. The lowest BCUT2D eigenvalue weighted by Crippen LogP contribution is -2.30. The molecule has 0 bridgehead atoms. The molecule has 9 nitrogen and oxygen atoms in total. The minimum atomic E-state index is -2.91. The number of fused-ring (bicyclic) bond motifs is 1. The lowest BCUT2D eigenvalue weighted by atomic mass is 10.1. The molecule has 30 heavy (non-hydrogen) atoms. The maximum atomic E-state index is 12.5. The van der Waals surface area contributed by atoms with Crippen LogP contribution in [0, 0.1) is 5.92 Å². The van der Waals surface area contributed by atoms with Gasteiger partial charge in [0.2, 0.25) is 12.7 Å². The summed E-state index contributed by atoms with van der Waals surface area (Å²) >= 11 is 1.33. The predicted molar refractivity (Wildman–Crippen MR) is 111 cm³/mol. The minimum Gasteiger partial charge on any atom is -0.454 e. The Labute approximate surface area is 179 Å². The highest BCUT2D eigenvalue weighted by atomic mass is 32.2. The van der Waals surface area contributed by atoms with Crippen molar-refractivity contribution in [3.63, 3.8) is 0 Å². The van der Waals surface area contributed by atoms with Crippen LogP contribution in [0.4, 0.5) is 0 Å². The van der Waals surface area contributed by atoms with Gasteiger partial charge in [-0.15, -0.1) is 10.2 Å². The second-order valence-electron chi connectivity index (χ2n) is 7.60. The maximum absolute atomic E-state index is 12.5. The summed E-state index contributed by atoms with van der Waals surface area (Å²) in [6.07, 6.45) is 1.24. The summed E-state index contributed by atoms with van der Waals surface area (Å²) in [5.41, 5.74) is 0.928. The summed E-state index contributed by atoms with van der Waals surface area (Å²) in [7, 11) is -1.07.